The Morgan fingerprint density at radius 2 is 1.93 bits per heavy atom. The number of hydrogen-bond acceptors (Lipinski definition) is 3. The van der Waals surface area contributed by atoms with E-state index in [4.69, 9.17) is 0 Å². The third-order valence-corrected chi connectivity index (χ3v) is 4.46. The number of carbonyl (C=O) groups is 1. The molecule has 1 aliphatic heterocycles. The van der Waals surface area contributed by atoms with Crippen molar-refractivity contribution in [2.45, 2.75) is 18.6 Å². The van der Waals surface area contributed by atoms with Gasteiger partial charge in [-0.05, 0) is 24.3 Å². The molecular formula is C18H13F5N4O. The topological polar surface area (TPSA) is 51.0 Å². The summed E-state index contributed by atoms with van der Waals surface area (Å²) < 4.78 is 66.1. The Balaban J connectivity index is 1.63. The number of alkyl halides is 5. The second kappa shape index (κ2) is 6.25. The van der Waals surface area contributed by atoms with Crippen LogP contribution in [0.5, 0.6) is 0 Å². The van der Waals surface area contributed by atoms with Crippen LogP contribution in [-0.2, 0) is 17.5 Å². The van der Waals surface area contributed by atoms with Gasteiger partial charge in [0.1, 0.15) is 12.2 Å². The van der Waals surface area contributed by atoms with E-state index in [1.54, 1.807) is 18.3 Å². The van der Waals surface area contributed by atoms with Gasteiger partial charge in [0.05, 0.1) is 29.8 Å². The summed E-state index contributed by atoms with van der Waals surface area (Å²) >= 11 is 0. The molecule has 0 unspecified atom stereocenters. The molecule has 0 saturated carbocycles. The van der Waals surface area contributed by atoms with Crippen molar-refractivity contribution >= 4 is 16.9 Å². The van der Waals surface area contributed by atoms with Crippen molar-refractivity contribution in [3.05, 3.63) is 48.4 Å². The van der Waals surface area contributed by atoms with Crippen LogP contribution in [0, 0.1) is 0 Å². The van der Waals surface area contributed by atoms with E-state index in [1.807, 2.05) is 0 Å². The highest BCUT2D eigenvalue weighted by Crippen LogP contribution is 2.30. The number of rotatable bonds is 3. The molecule has 1 aliphatic rings. The van der Waals surface area contributed by atoms with Gasteiger partial charge in [-0.1, -0.05) is 6.07 Å². The van der Waals surface area contributed by atoms with E-state index in [2.05, 4.69) is 9.97 Å². The summed E-state index contributed by atoms with van der Waals surface area (Å²) in [4.78, 5) is 21.0. The van der Waals surface area contributed by atoms with Crippen molar-refractivity contribution in [1.29, 1.82) is 0 Å². The van der Waals surface area contributed by atoms with Crippen molar-refractivity contribution < 1.29 is 26.7 Å². The van der Waals surface area contributed by atoms with E-state index in [0.717, 1.165) is 11.0 Å². The fraction of sp³-hybridized carbons (Fsp3) is 0.278. The molecule has 0 aliphatic carbocycles. The lowest BCUT2D eigenvalue weighted by molar-refractivity contribution is -0.166. The first-order chi connectivity index (χ1) is 13.1. The lowest BCUT2D eigenvalue weighted by atomic mass is 10.1. The van der Waals surface area contributed by atoms with Crippen molar-refractivity contribution in [1.82, 2.24) is 19.4 Å². The summed E-state index contributed by atoms with van der Waals surface area (Å²) in [5, 5.41) is 0. The number of halogens is 5. The van der Waals surface area contributed by atoms with Gasteiger partial charge in [0.15, 0.2) is 0 Å². The van der Waals surface area contributed by atoms with Crippen LogP contribution in [0.15, 0.2) is 42.7 Å². The Morgan fingerprint density at radius 1 is 1.18 bits per heavy atom. The highest BCUT2D eigenvalue weighted by molar-refractivity contribution is 5.84. The van der Waals surface area contributed by atoms with Gasteiger partial charge in [-0.25, -0.2) is 13.8 Å². The number of likely N-dealkylation sites (tertiary alicyclic amines) is 1. The Labute approximate surface area is 155 Å². The molecule has 1 amide bonds. The molecule has 28 heavy (non-hydrogen) atoms. The summed E-state index contributed by atoms with van der Waals surface area (Å²) in [5.74, 6) is -3.32. The maximum Gasteiger partial charge on any atom is 0.433 e. The Bertz CT molecular complexity index is 1050. The number of carbonyl (C=O) groups excluding carboxylic acids is 1. The molecule has 4 rings (SSSR count). The molecule has 146 valence electrons. The van der Waals surface area contributed by atoms with Crippen LogP contribution < -0.4 is 0 Å². The van der Waals surface area contributed by atoms with Crippen LogP contribution in [0.1, 0.15) is 5.69 Å². The molecule has 1 saturated heterocycles. The van der Waals surface area contributed by atoms with Gasteiger partial charge in [0, 0.05) is 18.0 Å². The zero-order valence-corrected chi connectivity index (χ0v) is 14.2. The largest absolute Gasteiger partial charge is 0.433 e. The number of amides is 1. The number of nitrogens with zero attached hydrogens (tertiary/aromatic N) is 4. The van der Waals surface area contributed by atoms with E-state index in [0.29, 0.717) is 16.6 Å². The molecule has 5 nitrogen and oxygen atoms in total. The first-order valence-corrected chi connectivity index (χ1v) is 8.27. The van der Waals surface area contributed by atoms with Gasteiger partial charge in [-0.15, -0.1) is 0 Å². The summed E-state index contributed by atoms with van der Waals surface area (Å²) in [5.41, 5.74) is 0.441. The summed E-state index contributed by atoms with van der Waals surface area (Å²) in [6, 6.07) is 6.76. The molecule has 0 spiro atoms. The standard InChI is InChI=1S/C18H13F5N4O/c19-17(20)9-27(10-17)16(28)8-26-5-4-13-14(26)6-11(7-24-13)12-2-1-3-15(25-12)18(21,22)23/h1-7H,8-10H2. The smallest absolute Gasteiger partial charge is 0.337 e. The van der Waals surface area contributed by atoms with Crippen LogP contribution in [-0.4, -0.2) is 44.4 Å². The predicted molar refractivity (Wildman–Crippen MR) is 89.5 cm³/mol. The first kappa shape index (κ1) is 18.3. The van der Waals surface area contributed by atoms with Gasteiger partial charge < -0.3 is 9.47 Å². The summed E-state index contributed by atoms with van der Waals surface area (Å²) in [6.45, 7) is -1.38. The van der Waals surface area contributed by atoms with Gasteiger partial charge in [-0.2, -0.15) is 13.2 Å². The van der Waals surface area contributed by atoms with Gasteiger partial charge >= 0.3 is 6.18 Å². The van der Waals surface area contributed by atoms with Crippen molar-refractivity contribution in [3.8, 4) is 11.3 Å². The molecular weight excluding hydrogens is 383 g/mol. The molecule has 0 radical (unpaired) electrons. The van der Waals surface area contributed by atoms with E-state index in [-0.39, 0.29) is 12.2 Å². The van der Waals surface area contributed by atoms with Gasteiger partial charge in [0.2, 0.25) is 5.91 Å². The van der Waals surface area contributed by atoms with E-state index < -0.39 is 36.8 Å². The maximum atomic E-state index is 12.9. The zero-order valence-electron chi connectivity index (χ0n) is 14.2. The fourth-order valence-corrected chi connectivity index (χ4v) is 3.03. The summed E-state index contributed by atoms with van der Waals surface area (Å²) in [6.07, 6.45) is -1.59. The predicted octanol–water partition coefficient (Wildman–Crippen LogP) is 3.59. The molecule has 4 heterocycles. The van der Waals surface area contributed by atoms with Crippen LogP contribution in [0.25, 0.3) is 22.3 Å². The molecule has 1 fully saturated rings. The lowest BCUT2D eigenvalue weighted by Gasteiger charge is -2.38. The summed E-state index contributed by atoms with van der Waals surface area (Å²) in [7, 11) is 0. The normalized spacial score (nSPS) is 16.2. The lowest BCUT2D eigenvalue weighted by Crippen LogP contribution is -2.59. The second-order valence-electron chi connectivity index (χ2n) is 6.58. The minimum atomic E-state index is -4.57. The van der Waals surface area contributed by atoms with Crippen LogP contribution in [0.3, 0.4) is 0 Å². The maximum absolute atomic E-state index is 12.9. The Kier molecular flexibility index (Phi) is 4.09. The van der Waals surface area contributed by atoms with Crippen LogP contribution in [0.4, 0.5) is 22.0 Å². The third-order valence-electron chi connectivity index (χ3n) is 4.46. The fourth-order valence-electron chi connectivity index (χ4n) is 3.03. The van der Waals surface area contributed by atoms with Crippen molar-refractivity contribution in [2.75, 3.05) is 13.1 Å². The number of aromatic nitrogens is 3. The minimum absolute atomic E-state index is 0.0886. The van der Waals surface area contributed by atoms with Crippen molar-refractivity contribution in [3.63, 3.8) is 0 Å². The Morgan fingerprint density at radius 3 is 2.61 bits per heavy atom. The first-order valence-electron chi connectivity index (χ1n) is 8.27. The SMILES string of the molecule is O=C(Cn1ccc2ncc(-c3cccc(C(F)(F)F)n3)cc21)N1CC(F)(F)C1. The zero-order chi connectivity index (χ0) is 20.1. The van der Waals surface area contributed by atoms with Gasteiger partial charge in [-0.3, -0.25) is 9.78 Å². The monoisotopic (exact) mass is 396 g/mol. The Hall–Kier alpha value is -3.04. The second-order valence-corrected chi connectivity index (χ2v) is 6.58. The van der Waals surface area contributed by atoms with Crippen molar-refractivity contribution in [2.24, 2.45) is 0 Å². The molecule has 3 aromatic heterocycles. The third kappa shape index (κ3) is 3.41. The number of fused-ring (bicyclic) bond motifs is 1. The molecule has 0 bridgehead atoms. The molecule has 10 heteroatoms. The highest BCUT2D eigenvalue weighted by Gasteiger charge is 2.46. The van der Waals surface area contributed by atoms with Gasteiger partial charge in [0.25, 0.3) is 5.92 Å². The minimum Gasteiger partial charge on any atom is -0.337 e. The molecule has 0 aromatic carbocycles. The average molecular weight is 396 g/mol. The van der Waals surface area contributed by atoms with E-state index >= 15 is 0 Å². The number of hydrogen-bond donors (Lipinski definition) is 0. The average Bonchev–Trinajstić information content (AvgIpc) is 3.01. The number of pyridine rings is 2. The molecule has 0 N–H and O–H groups in total. The molecule has 0 atom stereocenters. The van der Waals surface area contributed by atoms with E-state index in [9.17, 15) is 26.7 Å². The molecule has 3 aromatic rings. The van der Waals surface area contributed by atoms with E-state index in [1.165, 1.54) is 22.9 Å². The van der Waals surface area contributed by atoms with Crippen LogP contribution >= 0.6 is 0 Å². The van der Waals surface area contributed by atoms with Crippen LogP contribution in [0.2, 0.25) is 0 Å². The highest BCUT2D eigenvalue weighted by atomic mass is 19.4. The quantitative estimate of drug-likeness (QED) is 0.636.